The van der Waals surface area contributed by atoms with Crippen LogP contribution < -0.4 is 5.73 Å². The molecule has 0 saturated heterocycles. The molecule has 2 N–H and O–H groups in total. The lowest BCUT2D eigenvalue weighted by Crippen LogP contribution is -2.25. The minimum Gasteiger partial charge on any atom is -0.373 e. The maximum Gasteiger partial charge on any atom is 0.296 e. The van der Waals surface area contributed by atoms with E-state index in [4.69, 9.17) is 5.73 Å². The number of benzene rings is 1. The number of amides is 1. The molecule has 6 nitrogen and oxygen atoms in total. The second kappa shape index (κ2) is 9.97. The predicted molar refractivity (Wildman–Crippen MR) is 86.5 cm³/mol. The van der Waals surface area contributed by atoms with E-state index in [1.165, 1.54) is 12.1 Å². The third-order valence-electron chi connectivity index (χ3n) is 2.61. The van der Waals surface area contributed by atoms with Crippen molar-refractivity contribution >= 4 is 16.0 Å². The van der Waals surface area contributed by atoms with E-state index in [2.05, 4.69) is 11.1 Å². The van der Waals surface area contributed by atoms with Crippen LogP contribution in [-0.2, 0) is 19.1 Å². The molecule has 1 aromatic carbocycles. The number of hydrogen-bond acceptors (Lipinski definition) is 5. The number of allylic oxidation sites excluding steroid dienone is 1. The fraction of sp³-hybridized carbons (Fsp3) is 0.400. The molecule has 0 saturated carbocycles. The number of primary amides is 1. The van der Waals surface area contributed by atoms with E-state index in [-0.39, 0.29) is 10.8 Å². The maximum atomic E-state index is 11.0. The molecule has 1 aromatic rings. The van der Waals surface area contributed by atoms with E-state index in [1.54, 1.807) is 23.1 Å². The monoisotopic (exact) mass is 328 g/mol. The Morgan fingerprint density at radius 3 is 2.18 bits per heavy atom. The quantitative estimate of drug-likeness (QED) is 0.634. The lowest BCUT2D eigenvalue weighted by atomic mass is 10.2. The maximum absolute atomic E-state index is 11.0. The first-order valence-corrected chi connectivity index (χ1v) is 8.20. The zero-order valence-electron chi connectivity index (χ0n) is 13.4. The van der Waals surface area contributed by atoms with E-state index in [1.807, 2.05) is 20.2 Å². The van der Waals surface area contributed by atoms with Gasteiger partial charge in [0.15, 0.2) is 0 Å². The van der Waals surface area contributed by atoms with Gasteiger partial charge in [0, 0.05) is 14.1 Å². The highest BCUT2D eigenvalue weighted by molar-refractivity contribution is 7.86. The minimum atomic E-state index is -3.50. The van der Waals surface area contributed by atoms with E-state index >= 15 is 0 Å². The highest BCUT2D eigenvalue weighted by Crippen LogP contribution is 2.09. The minimum absolute atomic E-state index is 0.183. The third kappa shape index (κ3) is 7.24. The predicted octanol–water partition coefficient (Wildman–Crippen LogP) is 1.74. The summed E-state index contributed by atoms with van der Waals surface area (Å²) in [7, 11) is 1.27. The van der Waals surface area contributed by atoms with Crippen molar-refractivity contribution in [2.45, 2.75) is 24.7 Å². The molecule has 22 heavy (non-hydrogen) atoms. The van der Waals surface area contributed by atoms with Crippen LogP contribution in [0.5, 0.6) is 0 Å². The van der Waals surface area contributed by atoms with Crippen molar-refractivity contribution in [3.05, 3.63) is 42.1 Å². The first-order valence-electron chi connectivity index (χ1n) is 6.79. The summed E-state index contributed by atoms with van der Waals surface area (Å²) >= 11 is 0. The van der Waals surface area contributed by atoms with Crippen molar-refractivity contribution in [2.75, 3.05) is 21.2 Å². The summed E-state index contributed by atoms with van der Waals surface area (Å²) in [6.45, 7) is 2.06. The Kier molecular flexibility index (Phi) is 9.12. The molecule has 0 radical (unpaired) electrons. The Morgan fingerprint density at radius 2 is 1.82 bits per heavy atom. The molecule has 0 unspecified atom stereocenters. The van der Waals surface area contributed by atoms with Gasteiger partial charge in [0.05, 0.1) is 17.7 Å². The second-order valence-electron chi connectivity index (χ2n) is 4.57. The van der Waals surface area contributed by atoms with E-state index < -0.39 is 10.1 Å². The number of unbranched alkanes of at least 4 members (excludes halogenated alkanes) is 1. The Bertz CT molecular complexity index is 581. The average molecular weight is 328 g/mol. The van der Waals surface area contributed by atoms with Crippen LogP contribution in [-0.4, -0.2) is 40.4 Å². The van der Waals surface area contributed by atoms with Gasteiger partial charge in [0.2, 0.25) is 0 Å². The third-order valence-corrected chi connectivity index (χ3v) is 3.90. The molecule has 0 aliphatic heterocycles. The largest absolute Gasteiger partial charge is 0.373 e. The lowest BCUT2D eigenvalue weighted by Gasteiger charge is -2.13. The van der Waals surface area contributed by atoms with Gasteiger partial charge in [-0.15, -0.1) is 0 Å². The first-order chi connectivity index (χ1) is 10.3. The number of nitrogens with two attached hydrogens (primary N) is 1. The van der Waals surface area contributed by atoms with Crippen LogP contribution in [0.1, 0.15) is 19.8 Å². The summed E-state index contributed by atoms with van der Waals surface area (Å²) in [5.74, 6) is -0.358. The Balaban J connectivity index is 0.000000401. The van der Waals surface area contributed by atoms with Gasteiger partial charge in [0.25, 0.3) is 16.0 Å². The van der Waals surface area contributed by atoms with Gasteiger partial charge < -0.3 is 10.6 Å². The zero-order chi connectivity index (χ0) is 17.2. The van der Waals surface area contributed by atoms with Crippen LogP contribution in [0.15, 0.2) is 47.0 Å². The van der Waals surface area contributed by atoms with Gasteiger partial charge in [-0.2, -0.15) is 8.42 Å². The molecule has 7 heteroatoms. The van der Waals surface area contributed by atoms with Gasteiger partial charge in [-0.25, -0.2) is 0 Å². The number of carbonyl (C=O) groups is 1. The number of rotatable bonds is 6. The Hall–Kier alpha value is -1.86. The molecule has 0 aliphatic rings. The zero-order valence-corrected chi connectivity index (χ0v) is 14.3. The molecular formula is C15H24N2O4S. The number of hydrogen-bond donors (Lipinski definition) is 1. The van der Waals surface area contributed by atoms with Gasteiger partial charge in [-0.1, -0.05) is 37.6 Å². The molecule has 0 aromatic heterocycles. The standard InChI is InChI=1S/C8H16N2O.C7H8O3S/c1-4-5-6-7(8(9)11)10(2)3;1-10-11(8,9)7-5-3-2-4-6-7/h6H,4-5H2,1-3H3,(H2,9,11);2-6H,1H3/b7-6+;. The molecule has 0 fully saturated rings. The summed E-state index contributed by atoms with van der Waals surface area (Å²) in [5.41, 5.74) is 5.72. The van der Waals surface area contributed by atoms with Crippen LogP contribution in [0.2, 0.25) is 0 Å². The number of likely N-dealkylation sites (N-methyl/N-ethyl adjacent to an activating group) is 1. The molecule has 1 rings (SSSR count). The van der Waals surface area contributed by atoms with Crippen molar-refractivity contribution < 1.29 is 17.4 Å². The van der Waals surface area contributed by atoms with E-state index in [0.717, 1.165) is 20.0 Å². The van der Waals surface area contributed by atoms with Crippen molar-refractivity contribution in [3.8, 4) is 0 Å². The smallest absolute Gasteiger partial charge is 0.296 e. The van der Waals surface area contributed by atoms with Gasteiger partial charge in [-0.3, -0.25) is 8.98 Å². The van der Waals surface area contributed by atoms with Crippen molar-refractivity contribution in [2.24, 2.45) is 5.73 Å². The van der Waals surface area contributed by atoms with Crippen LogP contribution in [0.3, 0.4) is 0 Å². The van der Waals surface area contributed by atoms with Crippen LogP contribution in [0.4, 0.5) is 0 Å². The summed E-state index contributed by atoms with van der Waals surface area (Å²) < 4.78 is 26.3. The van der Waals surface area contributed by atoms with Gasteiger partial charge in [-0.05, 0) is 18.6 Å². The topological polar surface area (TPSA) is 89.7 Å². The van der Waals surface area contributed by atoms with Crippen molar-refractivity contribution in [3.63, 3.8) is 0 Å². The Morgan fingerprint density at radius 1 is 1.27 bits per heavy atom. The molecule has 0 aliphatic carbocycles. The second-order valence-corrected chi connectivity index (χ2v) is 6.28. The summed E-state index contributed by atoms with van der Waals surface area (Å²) in [6, 6.07) is 8.00. The fourth-order valence-electron chi connectivity index (χ4n) is 1.47. The first kappa shape index (κ1) is 20.1. The average Bonchev–Trinajstić information content (AvgIpc) is 2.48. The molecule has 0 spiro atoms. The summed E-state index contributed by atoms with van der Waals surface area (Å²) in [4.78, 5) is 12.7. The highest BCUT2D eigenvalue weighted by atomic mass is 32.2. The normalized spacial score (nSPS) is 11.4. The van der Waals surface area contributed by atoms with Crippen molar-refractivity contribution in [1.29, 1.82) is 0 Å². The number of nitrogens with zero attached hydrogens (tertiary/aromatic N) is 1. The summed E-state index contributed by atoms with van der Waals surface area (Å²) in [5, 5.41) is 0. The van der Waals surface area contributed by atoms with E-state index in [9.17, 15) is 13.2 Å². The molecule has 124 valence electrons. The van der Waals surface area contributed by atoms with Crippen LogP contribution >= 0.6 is 0 Å². The lowest BCUT2D eigenvalue weighted by molar-refractivity contribution is -0.115. The van der Waals surface area contributed by atoms with E-state index in [0.29, 0.717) is 5.70 Å². The number of carbonyl (C=O) groups excluding carboxylic acids is 1. The molecule has 0 atom stereocenters. The molecule has 0 bridgehead atoms. The Labute approximate surface area is 132 Å². The SMILES string of the molecule is CCC/C=C(\C(N)=O)N(C)C.COS(=O)(=O)c1ccccc1. The fourth-order valence-corrected chi connectivity index (χ4v) is 2.15. The molecular weight excluding hydrogens is 304 g/mol. The molecule has 1 amide bonds. The molecule has 0 heterocycles. The van der Waals surface area contributed by atoms with Gasteiger partial charge in [0.1, 0.15) is 0 Å². The highest BCUT2D eigenvalue weighted by Gasteiger charge is 2.10. The van der Waals surface area contributed by atoms with Gasteiger partial charge >= 0.3 is 0 Å². The summed E-state index contributed by atoms with van der Waals surface area (Å²) in [6.07, 6.45) is 3.80. The van der Waals surface area contributed by atoms with Crippen molar-refractivity contribution in [1.82, 2.24) is 4.90 Å². The van der Waals surface area contributed by atoms with Crippen LogP contribution in [0, 0.1) is 0 Å². The van der Waals surface area contributed by atoms with Crippen LogP contribution in [0.25, 0.3) is 0 Å².